The van der Waals surface area contributed by atoms with Gasteiger partial charge < -0.3 is 24.9 Å². The van der Waals surface area contributed by atoms with Gasteiger partial charge in [-0.2, -0.15) is 0 Å². The van der Waals surface area contributed by atoms with Crippen LogP contribution >= 0.6 is 0 Å². The molecule has 0 saturated carbocycles. The van der Waals surface area contributed by atoms with Crippen LogP contribution < -0.4 is 14.8 Å². The number of nitrogens with zero attached hydrogens (tertiary/aromatic N) is 1. The van der Waals surface area contributed by atoms with Crippen LogP contribution in [-0.4, -0.2) is 40.6 Å². The van der Waals surface area contributed by atoms with Gasteiger partial charge in [-0.25, -0.2) is 4.98 Å². The number of carbonyl (C=O) groups is 1. The Morgan fingerprint density at radius 2 is 1.94 bits per heavy atom. The van der Waals surface area contributed by atoms with Crippen LogP contribution in [0.25, 0.3) is 10.9 Å². The Bertz CT molecular complexity index is 1310. The minimum atomic E-state index is -4.84. The Labute approximate surface area is 204 Å². The summed E-state index contributed by atoms with van der Waals surface area (Å²) in [4.78, 5) is 18.9. The molecule has 2 aromatic carbocycles. The van der Waals surface area contributed by atoms with E-state index in [1.54, 1.807) is 24.5 Å². The van der Waals surface area contributed by atoms with Crippen LogP contribution in [0.15, 0.2) is 73.1 Å². The maximum atomic E-state index is 12.7. The van der Waals surface area contributed by atoms with Gasteiger partial charge in [-0.1, -0.05) is 18.2 Å². The number of carboxylic acids is 1. The zero-order chi connectivity index (χ0) is 25.5. The number of anilines is 1. The van der Waals surface area contributed by atoms with Gasteiger partial charge in [0.25, 0.3) is 0 Å². The summed E-state index contributed by atoms with van der Waals surface area (Å²) in [7, 11) is 0. The third-order valence-electron chi connectivity index (χ3n) is 5.49. The molecular weight excluding hydrogens is 475 g/mol. The van der Waals surface area contributed by atoms with Crippen molar-refractivity contribution in [3.63, 3.8) is 0 Å². The van der Waals surface area contributed by atoms with Crippen molar-refractivity contribution >= 4 is 22.7 Å². The molecule has 188 valence electrons. The summed E-state index contributed by atoms with van der Waals surface area (Å²) in [6, 6.07) is 16.4. The van der Waals surface area contributed by atoms with Gasteiger partial charge in [0, 0.05) is 41.8 Å². The van der Waals surface area contributed by atoms with Gasteiger partial charge in [-0.3, -0.25) is 4.79 Å². The summed E-state index contributed by atoms with van der Waals surface area (Å²) in [5.74, 6) is -0.718. The average molecular weight is 499 g/mol. The van der Waals surface area contributed by atoms with Gasteiger partial charge in [-0.15, -0.1) is 13.2 Å². The van der Waals surface area contributed by atoms with Crippen molar-refractivity contribution in [1.82, 2.24) is 9.97 Å². The molecule has 1 atom stereocenters. The molecule has 0 aliphatic heterocycles. The highest BCUT2D eigenvalue weighted by Crippen LogP contribution is 2.36. The fraction of sp³-hybridized carbons (Fsp3) is 0.231. The summed E-state index contributed by atoms with van der Waals surface area (Å²) in [5.41, 5.74) is 1.79. The molecule has 0 spiro atoms. The van der Waals surface area contributed by atoms with Crippen molar-refractivity contribution in [2.45, 2.75) is 25.1 Å². The number of alkyl halides is 3. The Hall–Kier alpha value is -4.21. The smallest absolute Gasteiger partial charge is 0.493 e. The SMILES string of the molecule is O=C(O)CC(c1cccc(OC(F)(F)F)c1)c1c[nH]c2cc(OCCCNc3ccccn3)ccc12. The summed E-state index contributed by atoms with van der Waals surface area (Å²) in [6.45, 7) is 1.17. The summed E-state index contributed by atoms with van der Waals surface area (Å²) < 4.78 is 47.9. The van der Waals surface area contributed by atoms with E-state index in [2.05, 4.69) is 20.0 Å². The van der Waals surface area contributed by atoms with Gasteiger partial charge in [0.05, 0.1) is 13.0 Å². The Kier molecular flexibility index (Phi) is 7.62. The number of aromatic amines is 1. The van der Waals surface area contributed by atoms with Gasteiger partial charge in [-0.05, 0) is 53.9 Å². The predicted octanol–water partition coefficient (Wildman–Crippen LogP) is 5.95. The van der Waals surface area contributed by atoms with E-state index in [-0.39, 0.29) is 6.42 Å². The lowest BCUT2D eigenvalue weighted by Gasteiger charge is -2.17. The third kappa shape index (κ3) is 6.68. The molecule has 0 aliphatic rings. The lowest BCUT2D eigenvalue weighted by molar-refractivity contribution is -0.274. The molecule has 10 heteroatoms. The van der Waals surface area contributed by atoms with Crippen molar-refractivity contribution in [2.24, 2.45) is 0 Å². The second-order valence-corrected chi connectivity index (χ2v) is 8.07. The largest absolute Gasteiger partial charge is 0.573 e. The molecule has 4 rings (SSSR count). The Morgan fingerprint density at radius 1 is 1.08 bits per heavy atom. The molecule has 4 aromatic rings. The number of aliphatic carboxylic acids is 1. The van der Waals surface area contributed by atoms with E-state index in [4.69, 9.17) is 4.74 Å². The number of pyridine rings is 1. The minimum absolute atomic E-state index is 0.302. The van der Waals surface area contributed by atoms with Crippen LogP contribution in [0.2, 0.25) is 0 Å². The van der Waals surface area contributed by atoms with Crippen LogP contribution in [0.1, 0.15) is 29.9 Å². The highest BCUT2D eigenvalue weighted by molar-refractivity contribution is 5.86. The maximum Gasteiger partial charge on any atom is 0.573 e. The van der Waals surface area contributed by atoms with Gasteiger partial charge in [0.2, 0.25) is 0 Å². The summed E-state index contributed by atoms with van der Waals surface area (Å²) in [5, 5.41) is 13.4. The van der Waals surface area contributed by atoms with Crippen LogP contribution in [0.4, 0.5) is 19.0 Å². The molecule has 0 radical (unpaired) electrons. The number of nitrogens with one attached hydrogen (secondary N) is 2. The van der Waals surface area contributed by atoms with E-state index in [1.807, 2.05) is 30.3 Å². The first-order chi connectivity index (χ1) is 17.3. The predicted molar refractivity (Wildman–Crippen MR) is 128 cm³/mol. The van der Waals surface area contributed by atoms with E-state index in [0.29, 0.717) is 30.0 Å². The van der Waals surface area contributed by atoms with E-state index in [1.165, 1.54) is 18.2 Å². The Morgan fingerprint density at radius 3 is 2.69 bits per heavy atom. The number of H-pyrrole nitrogens is 1. The highest BCUT2D eigenvalue weighted by atomic mass is 19.4. The fourth-order valence-electron chi connectivity index (χ4n) is 3.96. The first kappa shape index (κ1) is 24.9. The molecule has 0 aliphatic carbocycles. The topological polar surface area (TPSA) is 96.5 Å². The normalized spacial score (nSPS) is 12.3. The standard InChI is InChI=1S/C26H24F3N3O4/c27-26(28,29)36-19-6-3-5-17(13-19)21(15-25(33)34)22-16-32-23-14-18(8-9-20(22)23)35-12-4-11-31-24-7-1-2-10-30-24/h1-3,5-10,13-14,16,21,32H,4,11-12,15H2,(H,30,31)(H,33,34). The van der Waals surface area contributed by atoms with Crippen LogP contribution in [0, 0.1) is 0 Å². The van der Waals surface area contributed by atoms with Crippen molar-refractivity contribution in [3.8, 4) is 11.5 Å². The molecule has 0 amide bonds. The van der Waals surface area contributed by atoms with E-state index < -0.39 is 24.0 Å². The number of fused-ring (bicyclic) bond motifs is 1. The summed E-state index contributed by atoms with van der Waals surface area (Å²) in [6.07, 6.45) is -0.999. The monoisotopic (exact) mass is 499 g/mol. The third-order valence-corrected chi connectivity index (χ3v) is 5.49. The lowest BCUT2D eigenvalue weighted by atomic mass is 9.88. The van der Waals surface area contributed by atoms with Crippen molar-refractivity contribution < 1.29 is 32.5 Å². The summed E-state index contributed by atoms with van der Waals surface area (Å²) >= 11 is 0. The molecule has 7 nitrogen and oxygen atoms in total. The molecular formula is C26H24F3N3O4. The quantitative estimate of drug-likeness (QED) is 0.221. The van der Waals surface area contributed by atoms with E-state index in [9.17, 15) is 23.1 Å². The molecule has 0 fully saturated rings. The fourth-order valence-corrected chi connectivity index (χ4v) is 3.96. The number of rotatable bonds is 11. The Balaban J connectivity index is 1.46. The van der Waals surface area contributed by atoms with Crippen molar-refractivity contribution in [1.29, 1.82) is 0 Å². The highest BCUT2D eigenvalue weighted by Gasteiger charge is 2.31. The molecule has 2 heterocycles. The first-order valence-electron chi connectivity index (χ1n) is 11.2. The maximum absolute atomic E-state index is 12.7. The zero-order valence-corrected chi connectivity index (χ0v) is 19.1. The second-order valence-electron chi connectivity index (χ2n) is 8.07. The molecule has 0 saturated heterocycles. The molecule has 1 unspecified atom stereocenters. The first-order valence-corrected chi connectivity index (χ1v) is 11.2. The molecule has 3 N–H and O–H groups in total. The number of ether oxygens (including phenoxy) is 2. The van der Waals surface area contributed by atoms with Crippen molar-refractivity contribution in [2.75, 3.05) is 18.5 Å². The molecule has 36 heavy (non-hydrogen) atoms. The van der Waals surface area contributed by atoms with E-state index in [0.717, 1.165) is 23.1 Å². The van der Waals surface area contributed by atoms with Crippen molar-refractivity contribution in [3.05, 3.63) is 84.2 Å². The number of benzene rings is 2. The van der Waals surface area contributed by atoms with Gasteiger partial charge >= 0.3 is 12.3 Å². The van der Waals surface area contributed by atoms with E-state index >= 15 is 0 Å². The number of hydrogen-bond donors (Lipinski definition) is 3. The number of aromatic nitrogens is 2. The van der Waals surface area contributed by atoms with Gasteiger partial charge in [0.1, 0.15) is 17.3 Å². The number of carboxylic acid groups (broad SMARTS) is 1. The lowest BCUT2D eigenvalue weighted by Crippen LogP contribution is -2.17. The number of halogens is 3. The average Bonchev–Trinajstić information content (AvgIpc) is 3.25. The molecule has 2 aromatic heterocycles. The van der Waals surface area contributed by atoms with Gasteiger partial charge in [0.15, 0.2) is 0 Å². The second kappa shape index (κ2) is 11.0. The van der Waals surface area contributed by atoms with Crippen LogP contribution in [0.3, 0.4) is 0 Å². The minimum Gasteiger partial charge on any atom is -0.493 e. The molecule has 0 bridgehead atoms. The zero-order valence-electron chi connectivity index (χ0n) is 19.1. The van der Waals surface area contributed by atoms with Crippen LogP contribution in [0.5, 0.6) is 11.5 Å². The van der Waals surface area contributed by atoms with Crippen LogP contribution in [-0.2, 0) is 4.79 Å². The number of hydrogen-bond acceptors (Lipinski definition) is 5.